The Morgan fingerprint density at radius 3 is 2.42 bits per heavy atom. The van der Waals surface area contributed by atoms with Crippen LogP contribution in [0, 0.1) is 0 Å². The molecule has 0 aliphatic carbocycles. The summed E-state index contributed by atoms with van der Waals surface area (Å²) >= 11 is 0. The molecule has 0 saturated heterocycles. The predicted molar refractivity (Wildman–Crippen MR) is 75.3 cm³/mol. The van der Waals surface area contributed by atoms with Gasteiger partial charge in [0.25, 0.3) is 5.91 Å². The molecule has 0 heterocycles. The van der Waals surface area contributed by atoms with Gasteiger partial charge < -0.3 is 5.32 Å². The fourth-order valence-electron chi connectivity index (χ4n) is 1.67. The van der Waals surface area contributed by atoms with E-state index in [2.05, 4.69) is 10.0 Å². The lowest BCUT2D eigenvalue weighted by Crippen LogP contribution is -2.41. The Kier molecular flexibility index (Phi) is 4.70. The molecule has 0 aromatic heterocycles. The molecule has 106 valence electrons. The zero-order valence-corrected chi connectivity index (χ0v) is 12.5. The monoisotopic (exact) mass is 284 g/mol. The van der Waals surface area contributed by atoms with Crippen LogP contribution in [0.4, 0.5) is 0 Å². The summed E-state index contributed by atoms with van der Waals surface area (Å²) in [4.78, 5) is 11.5. The van der Waals surface area contributed by atoms with E-state index in [9.17, 15) is 13.2 Å². The molecule has 0 atom stereocenters. The molecule has 5 nitrogen and oxygen atoms in total. The van der Waals surface area contributed by atoms with Gasteiger partial charge in [0.2, 0.25) is 10.0 Å². The minimum atomic E-state index is -3.42. The molecule has 0 bridgehead atoms. The van der Waals surface area contributed by atoms with Crippen molar-refractivity contribution < 1.29 is 13.2 Å². The third-order valence-corrected chi connectivity index (χ3v) is 3.87. The van der Waals surface area contributed by atoms with E-state index in [-0.39, 0.29) is 11.7 Å². The molecule has 0 radical (unpaired) electrons. The van der Waals surface area contributed by atoms with Crippen molar-refractivity contribution in [2.75, 3.05) is 7.05 Å². The Labute approximate surface area is 114 Å². The van der Waals surface area contributed by atoms with Gasteiger partial charge in [-0.3, -0.25) is 4.79 Å². The van der Waals surface area contributed by atoms with Crippen molar-refractivity contribution in [2.45, 2.75) is 32.1 Å². The molecule has 0 unspecified atom stereocenters. The normalized spacial score (nSPS) is 12.2. The molecule has 19 heavy (non-hydrogen) atoms. The van der Waals surface area contributed by atoms with Crippen molar-refractivity contribution in [2.24, 2.45) is 0 Å². The van der Waals surface area contributed by atoms with Gasteiger partial charge in [0.1, 0.15) is 0 Å². The molecule has 0 aliphatic rings. The molecule has 0 spiro atoms. The fourth-order valence-corrected chi connectivity index (χ4v) is 3.29. The molecule has 0 saturated carbocycles. The minimum Gasteiger partial charge on any atom is -0.355 e. The number of carbonyl (C=O) groups excluding carboxylic acids is 1. The Hall–Kier alpha value is -1.40. The van der Waals surface area contributed by atoms with E-state index in [1.165, 1.54) is 7.05 Å². The smallest absolute Gasteiger partial charge is 0.251 e. The van der Waals surface area contributed by atoms with Gasteiger partial charge in [-0.05, 0) is 38.5 Å². The predicted octanol–water partition coefficient (Wildman–Crippen LogP) is 1.26. The fraction of sp³-hybridized carbons (Fsp3) is 0.462. The van der Waals surface area contributed by atoms with Crippen LogP contribution in [0.2, 0.25) is 0 Å². The summed E-state index contributed by atoms with van der Waals surface area (Å²) in [6.07, 6.45) is 0. The van der Waals surface area contributed by atoms with Crippen LogP contribution >= 0.6 is 0 Å². The second-order valence-electron chi connectivity index (χ2n) is 5.39. The van der Waals surface area contributed by atoms with Crippen LogP contribution in [0.5, 0.6) is 0 Å². The standard InChI is InChI=1S/C13H20N2O3S/c1-13(2,3)15-19(17,18)9-10-6-5-7-11(8-10)12(16)14-4/h5-8,15H,9H2,1-4H3,(H,14,16). The number of rotatable bonds is 4. The van der Waals surface area contributed by atoms with Crippen LogP contribution in [0.1, 0.15) is 36.7 Å². The highest BCUT2D eigenvalue weighted by Crippen LogP contribution is 2.11. The molecule has 0 fully saturated rings. The first-order valence-electron chi connectivity index (χ1n) is 5.96. The van der Waals surface area contributed by atoms with E-state index in [1.54, 1.807) is 45.0 Å². The van der Waals surface area contributed by atoms with Gasteiger partial charge >= 0.3 is 0 Å². The molecule has 0 aliphatic heterocycles. The number of benzene rings is 1. The van der Waals surface area contributed by atoms with Crippen molar-refractivity contribution in [1.29, 1.82) is 0 Å². The first-order valence-corrected chi connectivity index (χ1v) is 7.61. The van der Waals surface area contributed by atoms with Gasteiger partial charge in [0.05, 0.1) is 5.75 Å². The number of hydrogen-bond acceptors (Lipinski definition) is 3. The maximum atomic E-state index is 12.0. The quantitative estimate of drug-likeness (QED) is 0.874. The summed E-state index contributed by atoms with van der Waals surface area (Å²) in [5.74, 6) is -0.377. The Balaban J connectivity index is 2.91. The van der Waals surface area contributed by atoms with E-state index < -0.39 is 15.6 Å². The van der Waals surface area contributed by atoms with Gasteiger partial charge in [-0.25, -0.2) is 13.1 Å². The highest BCUT2D eigenvalue weighted by Gasteiger charge is 2.20. The number of carbonyl (C=O) groups is 1. The Morgan fingerprint density at radius 2 is 1.89 bits per heavy atom. The summed E-state index contributed by atoms with van der Waals surface area (Å²) in [6, 6.07) is 6.59. The second-order valence-corrected chi connectivity index (χ2v) is 7.11. The van der Waals surface area contributed by atoms with Crippen molar-refractivity contribution in [3.05, 3.63) is 35.4 Å². The maximum Gasteiger partial charge on any atom is 0.251 e. The van der Waals surface area contributed by atoms with Crippen LogP contribution in [0.15, 0.2) is 24.3 Å². The zero-order valence-electron chi connectivity index (χ0n) is 11.6. The number of nitrogens with one attached hydrogen (secondary N) is 2. The summed E-state index contributed by atoms with van der Waals surface area (Å²) in [5.41, 5.74) is 0.515. The van der Waals surface area contributed by atoms with Crippen LogP contribution in [-0.4, -0.2) is 26.9 Å². The minimum absolute atomic E-state index is 0.144. The average molecular weight is 284 g/mol. The van der Waals surface area contributed by atoms with Crippen molar-refractivity contribution >= 4 is 15.9 Å². The highest BCUT2D eigenvalue weighted by atomic mass is 32.2. The van der Waals surface area contributed by atoms with E-state index in [0.717, 1.165) is 0 Å². The molecule has 1 rings (SSSR count). The van der Waals surface area contributed by atoms with Crippen LogP contribution in [0.25, 0.3) is 0 Å². The molecule has 6 heteroatoms. The lowest BCUT2D eigenvalue weighted by atomic mass is 10.1. The van der Waals surface area contributed by atoms with Crippen LogP contribution in [-0.2, 0) is 15.8 Å². The molecule has 1 aromatic rings. The Bertz CT molecular complexity index is 559. The number of amides is 1. The average Bonchev–Trinajstić information content (AvgIpc) is 2.24. The summed E-state index contributed by atoms with van der Waals surface area (Å²) in [5, 5.41) is 2.51. The second kappa shape index (κ2) is 5.71. The molecular formula is C13H20N2O3S. The van der Waals surface area contributed by atoms with E-state index in [1.807, 2.05) is 0 Å². The number of hydrogen-bond donors (Lipinski definition) is 2. The highest BCUT2D eigenvalue weighted by molar-refractivity contribution is 7.88. The molecule has 1 aromatic carbocycles. The lowest BCUT2D eigenvalue weighted by Gasteiger charge is -2.20. The van der Waals surface area contributed by atoms with Gasteiger partial charge in [-0.1, -0.05) is 12.1 Å². The van der Waals surface area contributed by atoms with E-state index in [4.69, 9.17) is 0 Å². The maximum absolute atomic E-state index is 12.0. The summed E-state index contributed by atoms with van der Waals surface area (Å²) < 4.78 is 26.5. The first-order chi connectivity index (χ1) is 8.63. The third kappa shape index (κ3) is 5.40. The van der Waals surface area contributed by atoms with Gasteiger partial charge in [-0.2, -0.15) is 0 Å². The van der Waals surface area contributed by atoms with Gasteiger partial charge in [0, 0.05) is 18.2 Å². The number of sulfonamides is 1. The van der Waals surface area contributed by atoms with E-state index in [0.29, 0.717) is 11.1 Å². The lowest BCUT2D eigenvalue weighted by molar-refractivity contribution is 0.0963. The van der Waals surface area contributed by atoms with Crippen molar-refractivity contribution in [3.8, 4) is 0 Å². The van der Waals surface area contributed by atoms with Crippen molar-refractivity contribution in [1.82, 2.24) is 10.0 Å². The van der Waals surface area contributed by atoms with Crippen molar-refractivity contribution in [3.63, 3.8) is 0 Å². The molecule has 1 amide bonds. The van der Waals surface area contributed by atoms with Crippen LogP contribution in [0.3, 0.4) is 0 Å². The molecular weight excluding hydrogens is 264 g/mol. The summed E-state index contributed by atoms with van der Waals surface area (Å²) in [7, 11) is -1.89. The largest absolute Gasteiger partial charge is 0.355 e. The van der Waals surface area contributed by atoms with Crippen LogP contribution < -0.4 is 10.0 Å². The zero-order chi connectivity index (χ0) is 14.7. The third-order valence-electron chi connectivity index (χ3n) is 2.23. The van der Waals surface area contributed by atoms with Gasteiger partial charge in [-0.15, -0.1) is 0 Å². The topological polar surface area (TPSA) is 75.3 Å². The summed E-state index contributed by atoms with van der Waals surface area (Å²) in [6.45, 7) is 5.35. The Morgan fingerprint density at radius 1 is 1.26 bits per heavy atom. The van der Waals surface area contributed by atoms with E-state index >= 15 is 0 Å². The molecule has 2 N–H and O–H groups in total. The SMILES string of the molecule is CNC(=O)c1cccc(CS(=O)(=O)NC(C)(C)C)c1. The first kappa shape index (κ1) is 15.7. The van der Waals surface area contributed by atoms with Gasteiger partial charge in [0.15, 0.2) is 0 Å².